The van der Waals surface area contributed by atoms with E-state index in [1.54, 1.807) is 19.1 Å². The quantitative estimate of drug-likeness (QED) is 0.912. The Morgan fingerprint density at radius 1 is 1.26 bits per heavy atom. The highest BCUT2D eigenvalue weighted by Crippen LogP contribution is 2.26. The first-order valence-electron chi connectivity index (χ1n) is 6.82. The number of nitrogens with zero attached hydrogens (tertiary/aromatic N) is 1. The maximum atomic E-state index is 13.3. The van der Waals surface area contributed by atoms with Gasteiger partial charge in [0.1, 0.15) is 11.9 Å². The molecule has 0 aromatic heterocycles. The normalized spacial score (nSPS) is 18.8. The number of benzene rings is 1. The molecular formula is C15H20FNO2. The van der Waals surface area contributed by atoms with Crippen molar-refractivity contribution in [2.45, 2.75) is 38.6 Å². The summed E-state index contributed by atoms with van der Waals surface area (Å²) in [6.45, 7) is 3.26. The van der Waals surface area contributed by atoms with E-state index in [0.717, 1.165) is 38.8 Å². The molecule has 0 bridgehead atoms. The van der Waals surface area contributed by atoms with Gasteiger partial charge in [0.05, 0.1) is 0 Å². The Morgan fingerprint density at radius 2 is 1.89 bits per heavy atom. The first kappa shape index (κ1) is 14.0. The smallest absolute Gasteiger partial charge is 0.325 e. The van der Waals surface area contributed by atoms with Crippen LogP contribution >= 0.6 is 0 Å². The average Bonchev–Trinajstić information content (AvgIpc) is 2.62. The van der Waals surface area contributed by atoms with E-state index in [0.29, 0.717) is 11.1 Å². The van der Waals surface area contributed by atoms with Crippen LogP contribution in [-0.4, -0.2) is 29.1 Å². The van der Waals surface area contributed by atoms with E-state index in [1.165, 1.54) is 6.07 Å². The van der Waals surface area contributed by atoms with Crippen molar-refractivity contribution >= 4 is 5.97 Å². The molecule has 0 aliphatic carbocycles. The molecule has 2 rings (SSSR count). The Labute approximate surface area is 113 Å². The molecule has 1 aromatic carbocycles. The lowest BCUT2D eigenvalue weighted by Crippen LogP contribution is -2.35. The molecular weight excluding hydrogens is 245 g/mol. The zero-order valence-electron chi connectivity index (χ0n) is 11.2. The minimum atomic E-state index is -0.854. The van der Waals surface area contributed by atoms with E-state index in [2.05, 4.69) is 0 Å². The molecule has 1 fully saturated rings. The Morgan fingerprint density at radius 3 is 2.42 bits per heavy atom. The fraction of sp³-hybridized carbons (Fsp3) is 0.533. The molecule has 1 heterocycles. The number of carboxylic acids is 1. The summed E-state index contributed by atoms with van der Waals surface area (Å²) >= 11 is 0. The van der Waals surface area contributed by atoms with Gasteiger partial charge >= 0.3 is 5.97 Å². The van der Waals surface area contributed by atoms with Crippen molar-refractivity contribution in [2.24, 2.45) is 0 Å². The number of carbonyl (C=O) groups is 1. The number of carboxylic acid groups (broad SMARTS) is 1. The summed E-state index contributed by atoms with van der Waals surface area (Å²) in [7, 11) is 0. The molecule has 4 heteroatoms. The highest BCUT2D eigenvalue weighted by atomic mass is 19.1. The van der Waals surface area contributed by atoms with Gasteiger partial charge in [-0.1, -0.05) is 25.0 Å². The number of halogens is 1. The Bertz CT molecular complexity index is 453. The number of rotatable bonds is 3. The van der Waals surface area contributed by atoms with Crippen LogP contribution in [0.5, 0.6) is 0 Å². The lowest BCUT2D eigenvalue weighted by atomic mass is 10.0. The largest absolute Gasteiger partial charge is 0.480 e. The third-order valence-corrected chi connectivity index (χ3v) is 3.74. The maximum Gasteiger partial charge on any atom is 0.325 e. The van der Waals surface area contributed by atoms with Crippen LogP contribution in [0.1, 0.15) is 42.9 Å². The van der Waals surface area contributed by atoms with Crippen molar-refractivity contribution in [1.82, 2.24) is 4.90 Å². The topological polar surface area (TPSA) is 40.5 Å². The Balaban J connectivity index is 2.27. The van der Waals surface area contributed by atoms with Gasteiger partial charge < -0.3 is 5.11 Å². The van der Waals surface area contributed by atoms with Crippen molar-refractivity contribution < 1.29 is 14.3 Å². The van der Waals surface area contributed by atoms with Crippen LogP contribution in [0.15, 0.2) is 18.2 Å². The van der Waals surface area contributed by atoms with E-state index in [-0.39, 0.29) is 5.82 Å². The van der Waals surface area contributed by atoms with Gasteiger partial charge in [-0.05, 0) is 50.0 Å². The Hall–Kier alpha value is -1.42. The van der Waals surface area contributed by atoms with Crippen LogP contribution in [0.4, 0.5) is 4.39 Å². The molecule has 1 atom stereocenters. The van der Waals surface area contributed by atoms with Crippen LogP contribution in [-0.2, 0) is 4.79 Å². The van der Waals surface area contributed by atoms with E-state index in [4.69, 9.17) is 0 Å². The Kier molecular flexibility index (Phi) is 4.53. The minimum Gasteiger partial charge on any atom is -0.480 e. The highest BCUT2D eigenvalue weighted by molar-refractivity contribution is 5.75. The third kappa shape index (κ3) is 3.32. The predicted molar refractivity (Wildman–Crippen MR) is 71.6 cm³/mol. The highest BCUT2D eigenvalue weighted by Gasteiger charge is 2.28. The molecule has 1 aromatic rings. The van der Waals surface area contributed by atoms with Gasteiger partial charge in [-0.3, -0.25) is 9.69 Å². The van der Waals surface area contributed by atoms with Crippen LogP contribution in [0.25, 0.3) is 0 Å². The van der Waals surface area contributed by atoms with E-state index >= 15 is 0 Å². The van der Waals surface area contributed by atoms with Gasteiger partial charge in [-0.15, -0.1) is 0 Å². The molecule has 1 N–H and O–H groups in total. The maximum absolute atomic E-state index is 13.3. The standard InChI is InChI=1S/C15H20FNO2/c1-11-10-12(6-7-13(11)16)14(15(18)19)17-8-4-2-3-5-9-17/h6-7,10,14H,2-5,8-9H2,1H3,(H,18,19). The summed E-state index contributed by atoms with van der Waals surface area (Å²) in [5, 5.41) is 9.50. The molecule has 104 valence electrons. The molecule has 0 radical (unpaired) electrons. The van der Waals surface area contributed by atoms with Crippen LogP contribution in [0.3, 0.4) is 0 Å². The van der Waals surface area contributed by atoms with Crippen molar-refractivity contribution in [3.8, 4) is 0 Å². The minimum absolute atomic E-state index is 0.288. The van der Waals surface area contributed by atoms with Gasteiger partial charge in [-0.2, -0.15) is 0 Å². The fourth-order valence-corrected chi connectivity index (χ4v) is 2.70. The van der Waals surface area contributed by atoms with Gasteiger partial charge in [-0.25, -0.2) is 4.39 Å². The van der Waals surface area contributed by atoms with Crippen molar-refractivity contribution in [3.63, 3.8) is 0 Å². The third-order valence-electron chi connectivity index (χ3n) is 3.74. The summed E-state index contributed by atoms with van der Waals surface area (Å²) in [4.78, 5) is 13.6. The second-order valence-electron chi connectivity index (χ2n) is 5.20. The molecule has 0 saturated carbocycles. The first-order chi connectivity index (χ1) is 9.09. The lowest BCUT2D eigenvalue weighted by molar-refractivity contribution is -0.143. The summed E-state index contributed by atoms with van der Waals surface area (Å²) in [6.07, 6.45) is 4.38. The van der Waals surface area contributed by atoms with Crippen LogP contribution < -0.4 is 0 Å². The summed E-state index contributed by atoms with van der Waals surface area (Å²) < 4.78 is 13.3. The second-order valence-corrected chi connectivity index (χ2v) is 5.20. The number of hydrogen-bond donors (Lipinski definition) is 1. The predicted octanol–water partition coefficient (Wildman–Crippen LogP) is 3.14. The first-order valence-corrected chi connectivity index (χ1v) is 6.82. The van der Waals surface area contributed by atoms with Gasteiger partial charge in [0.25, 0.3) is 0 Å². The molecule has 1 unspecified atom stereocenters. The van der Waals surface area contributed by atoms with E-state index in [9.17, 15) is 14.3 Å². The second kappa shape index (κ2) is 6.15. The molecule has 0 spiro atoms. The van der Waals surface area contributed by atoms with Crippen molar-refractivity contribution in [1.29, 1.82) is 0 Å². The van der Waals surface area contributed by atoms with Crippen molar-refractivity contribution in [2.75, 3.05) is 13.1 Å². The SMILES string of the molecule is Cc1cc(C(C(=O)O)N2CCCCCC2)ccc1F. The number of aryl methyl sites for hydroxylation is 1. The van der Waals surface area contributed by atoms with Gasteiger partial charge in [0, 0.05) is 0 Å². The molecule has 1 saturated heterocycles. The number of aliphatic carboxylic acids is 1. The zero-order chi connectivity index (χ0) is 13.8. The van der Waals surface area contributed by atoms with Crippen LogP contribution in [0.2, 0.25) is 0 Å². The van der Waals surface area contributed by atoms with E-state index in [1.807, 2.05) is 4.90 Å². The number of hydrogen-bond acceptors (Lipinski definition) is 2. The summed E-state index contributed by atoms with van der Waals surface area (Å²) in [6, 6.07) is 3.95. The summed E-state index contributed by atoms with van der Waals surface area (Å²) in [5.41, 5.74) is 1.17. The zero-order valence-corrected chi connectivity index (χ0v) is 11.2. The average molecular weight is 265 g/mol. The monoisotopic (exact) mass is 265 g/mol. The molecule has 19 heavy (non-hydrogen) atoms. The van der Waals surface area contributed by atoms with Crippen molar-refractivity contribution in [3.05, 3.63) is 35.1 Å². The number of likely N-dealkylation sites (tertiary alicyclic amines) is 1. The molecule has 1 aliphatic heterocycles. The molecule has 1 aliphatic rings. The lowest BCUT2D eigenvalue weighted by Gasteiger charge is -2.27. The fourth-order valence-electron chi connectivity index (χ4n) is 2.70. The van der Waals surface area contributed by atoms with Gasteiger partial charge in [0.2, 0.25) is 0 Å². The summed E-state index contributed by atoms with van der Waals surface area (Å²) in [5.74, 6) is -1.14. The molecule has 0 amide bonds. The van der Waals surface area contributed by atoms with E-state index < -0.39 is 12.0 Å². The van der Waals surface area contributed by atoms with Gasteiger partial charge in [0.15, 0.2) is 0 Å². The molecule has 3 nitrogen and oxygen atoms in total. The van der Waals surface area contributed by atoms with Crippen LogP contribution in [0, 0.1) is 12.7 Å².